The number of hydrogen-bond donors (Lipinski definition) is 2. The molecule has 0 atom stereocenters. The summed E-state index contributed by atoms with van der Waals surface area (Å²) in [6, 6.07) is 10.2. The summed E-state index contributed by atoms with van der Waals surface area (Å²) >= 11 is 0. The molecule has 0 spiro atoms. The average Bonchev–Trinajstić information content (AvgIpc) is 2.48. The first-order chi connectivity index (χ1) is 9.83. The van der Waals surface area contributed by atoms with Crippen LogP contribution in [0.15, 0.2) is 30.3 Å². The van der Waals surface area contributed by atoms with Crippen molar-refractivity contribution in [3.63, 3.8) is 0 Å². The molecule has 1 rings (SSSR count). The highest BCUT2D eigenvalue weighted by molar-refractivity contribution is 5.73. The number of carbonyl (C=O) groups excluding carboxylic acids is 1. The maximum atomic E-state index is 11.4. The number of amides is 2. The Morgan fingerprint density at radius 1 is 1.10 bits per heavy atom. The van der Waals surface area contributed by atoms with Crippen molar-refractivity contribution in [1.29, 1.82) is 0 Å². The van der Waals surface area contributed by atoms with Gasteiger partial charge in [0.05, 0.1) is 13.2 Å². The van der Waals surface area contributed by atoms with E-state index in [2.05, 4.69) is 22.8 Å². The maximum absolute atomic E-state index is 11.4. The molecule has 1 aromatic carbocycles. The van der Waals surface area contributed by atoms with Crippen LogP contribution in [0.4, 0.5) is 4.79 Å². The highest BCUT2D eigenvalue weighted by atomic mass is 16.5. The van der Waals surface area contributed by atoms with Crippen molar-refractivity contribution < 1.29 is 14.3 Å². The molecule has 5 nitrogen and oxygen atoms in total. The molecule has 0 saturated heterocycles. The molecule has 0 aromatic heterocycles. The van der Waals surface area contributed by atoms with Gasteiger partial charge in [-0.15, -0.1) is 0 Å². The van der Waals surface area contributed by atoms with Gasteiger partial charge in [-0.05, 0) is 24.8 Å². The minimum absolute atomic E-state index is 0.192. The van der Waals surface area contributed by atoms with Gasteiger partial charge >= 0.3 is 6.03 Å². The number of carbonyl (C=O) groups is 1. The lowest BCUT2D eigenvalue weighted by molar-refractivity contribution is 0.0642. The maximum Gasteiger partial charge on any atom is 0.316 e. The Balaban J connectivity index is 1.91. The Labute approximate surface area is 120 Å². The molecule has 5 heteroatoms. The minimum atomic E-state index is -0.192. The summed E-state index contributed by atoms with van der Waals surface area (Å²) in [6.07, 6.45) is 3.08. The van der Waals surface area contributed by atoms with E-state index in [9.17, 15) is 4.79 Å². The molecular formula is C15H24N2O3. The Kier molecular flexibility index (Phi) is 9.26. The molecule has 20 heavy (non-hydrogen) atoms. The first-order valence-electron chi connectivity index (χ1n) is 6.95. The normalized spacial score (nSPS) is 10.2. The van der Waals surface area contributed by atoms with Crippen LogP contribution in [0, 0.1) is 0 Å². The van der Waals surface area contributed by atoms with E-state index in [0.717, 1.165) is 19.3 Å². The Bertz CT molecular complexity index is 357. The zero-order valence-electron chi connectivity index (χ0n) is 12.1. The zero-order chi connectivity index (χ0) is 14.5. The van der Waals surface area contributed by atoms with Crippen LogP contribution in [-0.4, -0.2) is 39.6 Å². The third-order valence-electron chi connectivity index (χ3n) is 2.79. The van der Waals surface area contributed by atoms with Gasteiger partial charge in [0.15, 0.2) is 0 Å². The number of ether oxygens (including phenoxy) is 2. The van der Waals surface area contributed by atoms with Crippen LogP contribution in [-0.2, 0) is 15.9 Å². The van der Waals surface area contributed by atoms with E-state index in [1.165, 1.54) is 5.56 Å². The second-order valence-electron chi connectivity index (χ2n) is 4.42. The zero-order valence-corrected chi connectivity index (χ0v) is 12.1. The molecule has 0 heterocycles. The fourth-order valence-electron chi connectivity index (χ4n) is 1.69. The third kappa shape index (κ3) is 8.50. The van der Waals surface area contributed by atoms with Crippen molar-refractivity contribution in [2.24, 2.45) is 0 Å². The van der Waals surface area contributed by atoms with E-state index in [1.807, 2.05) is 18.2 Å². The highest BCUT2D eigenvalue weighted by Crippen LogP contribution is 2.03. The molecular weight excluding hydrogens is 256 g/mol. The SMILES string of the molecule is COCCOCNC(=O)NCCCCc1ccccc1. The second kappa shape index (κ2) is 11.3. The fraction of sp³-hybridized carbons (Fsp3) is 0.533. The van der Waals surface area contributed by atoms with Crippen LogP contribution in [0.5, 0.6) is 0 Å². The minimum Gasteiger partial charge on any atom is -0.382 e. The van der Waals surface area contributed by atoms with Crippen LogP contribution in [0.2, 0.25) is 0 Å². The molecule has 112 valence electrons. The third-order valence-corrected chi connectivity index (χ3v) is 2.79. The lowest BCUT2D eigenvalue weighted by atomic mass is 10.1. The number of methoxy groups -OCH3 is 1. The average molecular weight is 280 g/mol. The summed E-state index contributed by atoms with van der Waals surface area (Å²) in [6.45, 7) is 1.90. The number of rotatable bonds is 10. The van der Waals surface area contributed by atoms with E-state index in [4.69, 9.17) is 9.47 Å². The quantitative estimate of drug-likeness (QED) is 0.508. The van der Waals surface area contributed by atoms with Gasteiger partial charge in [-0.25, -0.2) is 4.79 Å². The smallest absolute Gasteiger partial charge is 0.316 e. The Morgan fingerprint density at radius 2 is 1.90 bits per heavy atom. The largest absolute Gasteiger partial charge is 0.382 e. The summed E-state index contributed by atoms with van der Waals surface area (Å²) in [5, 5.41) is 5.42. The van der Waals surface area contributed by atoms with E-state index in [0.29, 0.717) is 19.8 Å². The van der Waals surface area contributed by atoms with Crippen LogP contribution >= 0.6 is 0 Å². The molecule has 0 bridgehead atoms. The number of aryl methyl sites for hydroxylation is 1. The molecule has 2 amide bonds. The van der Waals surface area contributed by atoms with Crippen LogP contribution in [0.3, 0.4) is 0 Å². The van der Waals surface area contributed by atoms with Crippen molar-refractivity contribution in [2.75, 3.05) is 33.6 Å². The molecule has 2 N–H and O–H groups in total. The van der Waals surface area contributed by atoms with Gasteiger partial charge in [0, 0.05) is 13.7 Å². The summed E-state index contributed by atoms with van der Waals surface area (Å²) in [7, 11) is 1.61. The van der Waals surface area contributed by atoms with Gasteiger partial charge in [0.25, 0.3) is 0 Å². The Morgan fingerprint density at radius 3 is 2.65 bits per heavy atom. The van der Waals surface area contributed by atoms with E-state index >= 15 is 0 Å². The van der Waals surface area contributed by atoms with Crippen molar-refractivity contribution in [3.8, 4) is 0 Å². The second-order valence-corrected chi connectivity index (χ2v) is 4.42. The van der Waals surface area contributed by atoms with Crippen LogP contribution < -0.4 is 10.6 Å². The van der Waals surface area contributed by atoms with Gasteiger partial charge in [-0.2, -0.15) is 0 Å². The summed E-state index contributed by atoms with van der Waals surface area (Å²) in [4.78, 5) is 11.4. The van der Waals surface area contributed by atoms with Crippen molar-refractivity contribution in [3.05, 3.63) is 35.9 Å². The first kappa shape index (κ1) is 16.5. The number of unbranched alkanes of at least 4 members (excludes halogenated alkanes) is 1. The fourth-order valence-corrected chi connectivity index (χ4v) is 1.69. The van der Waals surface area contributed by atoms with Crippen LogP contribution in [0.1, 0.15) is 18.4 Å². The number of benzene rings is 1. The molecule has 0 saturated carbocycles. The lowest BCUT2D eigenvalue weighted by Gasteiger charge is -2.08. The van der Waals surface area contributed by atoms with E-state index in [1.54, 1.807) is 7.11 Å². The summed E-state index contributed by atoms with van der Waals surface area (Å²) in [5.74, 6) is 0. The summed E-state index contributed by atoms with van der Waals surface area (Å²) < 4.78 is 9.96. The molecule has 0 unspecified atom stereocenters. The van der Waals surface area contributed by atoms with E-state index in [-0.39, 0.29) is 12.8 Å². The van der Waals surface area contributed by atoms with Gasteiger partial charge in [-0.3, -0.25) is 0 Å². The predicted octanol–water partition coefficient (Wildman–Crippen LogP) is 1.93. The first-order valence-corrected chi connectivity index (χ1v) is 6.95. The lowest BCUT2D eigenvalue weighted by Crippen LogP contribution is -2.37. The van der Waals surface area contributed by atoms with Gasteiger partial charge in [0.2, 0.25) is 0 Å². The standard InChI is InChI=1S/C15H24N2O3/c1-19-11-12-20-13-17-15(18)16-10-6-5-9-14-7-3-2-4-8-14/h2-4,7-8H,5-6,9-13H2,1H3,(H2,16,17,18). The predicted molar refractivity (Wildman–Crippen MR) is 78.6 cm³/mol. The van der Waals surface area contributed by atoms with Gasteiger partial charge in [-0.1, -0.05) is 30.3 Å². The van der Waals surface area contributed by atoms with Gasteiger partial charge < -0.3 is 20.1 Å². The van der Waals surface area contributed by atoms with E-state index < -0.39 is 0 Å². The summed E-state index contributed by atoms with van der Waals surface area (Å²) in [5.41, 5.74) is 1.34. The van der Waals surface area contributed by atoms with Gasteiger partial charge in [0.1, 0.15) is 6.73 Å². The molecule has 0 aliphatic heterocycles. The molecule has 0 fully saturated rings. The van der Waals surface area contributed by atoms with Crippen molar-refractivity contribution in [1.82, 2.24) is 10.6 Å². The molecule has 0 aliphatic carbocycles. The number of hydrogen-bond acceptors (Lipinski definition) is 3. The van der Waals surface area contributed by atoms with Crippen LogP contribution in [0.25, 0.3) is 0 Å². The van der Waals surface area contributed by atoms with Crippen molar-refractivity contribution >= 4 is 6.03 Å². The molecule has 1 aromatic rings. The molecule has 0 aliphatic rings. The molecule has 0 radical (unpaired) electrons. The number of urea groups is 1. The topological polar surface area (TPSA) is 59.6 Å². The van der Waals surface area contributed by atoms with Crippen molar-refractivity contribution in [2.45, 2.75) is 19.3 Å². The monoisotopic (exact) mass is 280 g/mol. The number of nitrogens with one attached hydrogen (secondary N) is 2. The highest BCUT2D eigenvalue weighted by Gasteiger charge is 1.98. The Hall–Kier alpha value is -1.59.